The lowest BCUT2D eigenvalue weighted by Crippen LogP contribution is -2.41. The third-order valence-electron chi connectivity index (χ3n) is 4.13. The Bertz CT molecular complexity index is 1010. The van der Waals surface area contributed by atoms with Gasteiger partial charge in [-0.05, 0) is 30.7 Å². The van der Waals surface area contributed by atoms with Crippen molar-refractivity contribution in [3.05, 3.63) is 53.3 Å². The molecular weight excluding hydrogens is 415 g/mol. The van der Waals surface area contributed by atoms with Crippen molar-refractivity contribution in [2.24, 2.45) is 0 Å². The third kappa shape index (κ3) is 6.12. The molecule has 0 saturated heterocycles. The fourth-order valence-corrected chi connectivity index (χ4v) is 2.63. The van der Waals surface area contributed by atoms with E-state index in [1.807, 2.05) is 6.07 Å². The summed E-state index contributed by atoms with van der Waals surface area (Å²) in [4.78, 5) is 25.9. The molecule has 0 aliphatic heterocycles. The summed E-state index contributed by atoms with van der Waals surface area (Å²) in [5.41, 5.74) is -0.185. The van der Waals surface area contributed by atoms with E-state index < -0.39 is 48.1 Å². The minimum Gasteiger partial charge on any atom is -0.493 e. The third-order valence-corrected chi connectivity index (χ3v) is 4.13. The number of nitriles is 1. The van der Waals surface area contributed by atoms with Gasteiger partial charge in [0.05, 0.1) is 31.0 Å². The van der Waals surface area contributed by atoms with Crippen LogP contribution in [0.3, 0.4) is 0 Å². The summed E-state index contributed by atoms with van der Waals surface area (Å²) in [6.45, 7) is 1.13. The maximum atomic E-state index is 13.7. The number of nitrogens with zero attached hydrogens (tertiary/aromatic N) is 2. The second kappa shape index (κ2) is 10.9. The molecule has 0 unspecified atom stereocenters. The van der Waals surface area contributed by atoms with Crippen LogP contribution in [0.15, 0.2) is 30.3 Å². The molecule has 0 aliphatic rings. The number of halogens is 3. The standard InChI is InChI=1S/C21H20F3N3O4/c1-3-8-27(11-18(28)26-15-6-5-14(22)20(23)21(15)24)19(29)12-31-16-7-4-13(10-25)9-17(16)30-2/h4-7,9H,3,8,11-12H2,1-2H3,(H,26,28). The number of ether oxygens (including phenoxy) is 2. The number of carbonyl (C=O) groups excluding carboxylic acids is 2. The smallest absolute Gasteiger partial charge is 0.260 e. The van der Waals surface area contributed by atoms with Crippen LogP contribution >= 0.6 is 0 Å². The maximum absolute atomic E-state index is 13.7. The number of hydrogen-bond donors (Lipinski definition) is 1. The van der Waals surface area contributed by atoms with Crippen LogP contribution in [0.1, 0.15) is 18.9 Å². The largest absolute Gasteiger partial charge is 0.493 e. The summed E-state index contributed by atoms with van der Waals surface area (Å²) in [7, 11) is 1.39. The second-order valence-corrected chi connectivity index (χ2v) is 6.35. The van der Waals surface area contributed by atoms with Gasteiger partial charge < -0.3 is 19.7 Å². The van der Waals surface area contributed by atoms with Crippen LogP contribution < -0.4 is 14.8 Å². The number of nitrogens with one attached hydrogen (secondary N) is 1. The van der Waals surface area contributed by atoms with E-state index in [-0.39, 0.29) is 18.0 Å². The van der Waals surface area contributed by atoms with Crippen LogP contribution in [0.2, 0.25) is 0 Å². The molecule has 1 N–H and O–H groups in total. The van der Waals surface area contributed by atoms with Crippen molar-refractivity contribution in [3.63, 3.8) is 0 Å². The van der Waals surface area contributed by atoms with Gasteiger partial charge in [-0.3, -0.25) is 9.59 Å². The average molecular weight is 435 g/mol. The molecule has 2 amide bonds. The first kappa shape index (κ1) is 23.5. The van der Waals surface area contributed by atoms with E-state index in [0.717, 1.165) is 6.07 Å². The Morgan fingerprint density at radius 1 is 1.13 bits per heavy atom. The molecule has 7 nitrogen and oxygen atoms in total. The number of methoxy groups -OCH3 is 1. The minimum atomic E-state index is -1.70. The summed E-state index contributed by atoms with van der Waals surface area (Å²) in [5, 5.41) is 11.0. The van der Waals surface area contributed by atoms with Gasteiger partial charge in [0.15, 0.2) is 35.6 Å². The van der Waals surface area contributed by atoms with E-state index >= 15 is 0 Å². The molecule has 0 spiro atoms. The zero-order valence-corrected chi connectivity index (χ0v) is 16.9. The highest BCUT2D eigenvalue weighted by Gasteiger charge is 2.20. The van der Waals surface area contributed by atoms with Crippen molar-refractivity contribution >= 4 is 17.5 Å². The molecule has 10 heteroatoms. The normalized spacial score (nSPS) is 10.2. The summed E-state index contributed by atoms with van der Waals surface area (Å²) < 4.78 is 50.7. The van der Waals surface area contributed by atoms with Crippen molar-refractivity contribution < 1.29 is 32.2 Å². The first-order chi connectivity index (χ1) is 14.8. The van der Waals surface area contributed by atoms with E-state index in [4.69, 9.17) is 14.7 Å². The Labute approximate surface area is 177 Å². The Morgan fingerprint density at radius 3 is 2.52 bits per heavy atom. The summed E-state index contributed by atoms with van der Waals surface area (Å²) >= 11 is 0. The maximum Gasteiger partial charge on any atom is 0.260 e. The summed E-state index contributed by atoms with van der Waals surface area (Å²) in [6.07, 6.45) is 0.527. The molecule has 2 rings (SSSR count). The fraction of sp³-hybridized carbons (Fsp3) is 0.286. The molecule has 0 aromatic heterocycles. The summed E-state index contributed by atoms with van der Waals surface area (Å²) in [6, 6.07) is 7.95. The van der Waals surface area contributed by atoms with E-state index in [1.54, 1.807) is 6.92 Å². The molecule has 0 heterocycles. The Balaban J connectivity index is 2.03. The molecule has 0 aliphatic carbocycles. The van der Waals surface area contributed by atoms with Crippen molar-refractivity contribution in [2.75, 3.05) is 32.1 Å². The van der Waals surface area contributed by atoms with Crippen LogP contribution in [0.4, 0.5) is 18.9 Å². The quantitative estimate of drug-likeness (QED) is 0.611. The second-order valence-electron chi connectivity index (χ2n) is 6.35. The monoisotopic (exact) mass is 435 g/mol. The van der Waals surface area contributed by atoms with Gasteiger partial charge in [-0.15, -0.1) is 0 Å². The van der Waals surface area contributed by atoms with Gasteiger partial charge in [-0.25, -0.2) is 13.2 Å². The fourth-order valence-electron chi connectivity index (χ4n) is 2.63. The van der Waals surface area contributed by atoms with E-state index in [1.165, 1.54) is 30.2 Å². The summed E-state index contributed by atoms with van der Waals surface area (Å²) in [5.74, 6) is -5.44. The lowest BCUT2D eigenvalue weighted by Gasteiger charge is -2.22. The zero-order valence-electron chi connectivity index (χ0n) is 16.9. The van der Waals surface area contributed by atoms with E-state index in [9.17, 15) is 22.8 Å². The topological polar surface area (TPSA) is 91.7 Å². The van der Waals surface area contributed by atoms with Crippen LogP contribution in [0, 0.1) is 28.8 Å². The number of benzene rings is 2. The highest BCUT2D eigenvalue weighted by atomic mass is 19.2. The van der Waals surface area contributed by atoms with Crippen LogP contribution in [-0.4, -0.2) is 43.5 Å². The number of carbonyl (C=O) groups is 2. The molecule has 2 aromatic rings. The highest BCUT2D eigenvalue weighted by molar-refractivity contribution is 5.94. The first-order valence-electron chi connectivity index (χ1n) is 9.22. The molecule has 2 aromatic carbocycles. The molecule has 31 heavy (non-hydrogen) atoms. The van der Waals surface area contributed by atoms with Gasteiger partial charge >= 0.3 is 0 Å². The van der Waals surface area contributed by atoms with Gasteiger partial charge in [0.25, 0.3) is 5.91 Å². The number of rotatable bonds is 9. The molecule has 0 bridgehead atoms. The molecule has 164 valence electrons. The molecule has 0 radical (unpaired) electrons. The van der Waals surface area contributed by atoms with Crippen molar-refractivity contribution in [2.45, 2.75) is 13.3 Å². The number of amides is 2. The Hall–Kier alpha value is -3.74. The van der Waals surface area contributed by atoms with Crippen molar-refractivity contribution in [3.8, 4) is 17.6 Å². The lowest BCUT2D eigenvalue weighted by atomic mass is 10.2. The number of anilines is 1. The van der Waals surface area contributed by atoms with E-state index in [0.29, 0.717) is 18.1 Å². The van der Waals surface area contributed by atoms with Crippen LogP contribution in [0.5, 0.6) is 11.5 Å². The Morgan fingerprint density at radius 2 is 1.87 bits per heavy atom. The predicted octanol–water partition coefficient (Wildman–Crippen LogP) is 3.24. The van der Waals surface area contributed by atoms with E-state index in [2.05, 4.69) is 5.32 Å². The van der Waals surface area contributed by atoms with Crippen molar-refractivity contribution in [1.29, 1.82) is 5.26 Å². The van der Waals surface area contributed by atoms with Crippen LogP contribution in [0.25, 0.3) is 0 Å². The van der Waals surface area contributed by atoms with Gasteiger partial charge in [-0.2, -0.15) is 5.26 Å². The lowest BCUT2D eigenvalue weighted by molar-refractivity contribution is -0.136. The molecular formula is C21H20F3N3O4. The number of hydrogen-bond acceptors (Lipinski definition) is 5. The van der Waals surface area contributed by atoms with Gasteiger partial charge in [0.2, 0.25) is 5.91 Å². The van der Waals surface area contributed by atoms with Crippen molar-refractivity contribution in [1.82, 2.24) is 4.90 Å². The highest BCUT2D eigenvalue weighted by Crippen LogP contribution is 2.27. The SMILES string of the molecule is CCCN(CC(=O)Nc1ccc(F)c(F)c1F)C(=O)COc1ccc(C#N)cc1OC. The van der Waals surface area contributed by atoms with Crippen LogP contribution in [-0.2, 0) is 9.59 Å². The molecule has 0 atom stereocenters. The zero-order chi connectivity index (χ0) is 23.0. The Kier molecular flexibility index (Phi) is 8.25. The van der Waals surface area contributed by atoms with Gasteiger partial charge in [-0.1, -0.05) is 6.92 Å². The average Bonchev–Trinajstić information content (AvgIpc) is 2.77. The van der Waals surface area contributed by atoms with Gasteiger partial charge in [0, 0.05) is 12.6 Å². The first-order valence-corrected chi connectivity index (χ1v) is 9.22. The minimum absolute atomic E-state index is 0.209. The predicted molar refractivity (Wildman–Crippen MR) is 105 cm³/mol. The molecule has 0 fully saturated rings. The molecule has 0 saturated carbocycles. The van der Waals surface area contributed by atoms with Gasteiger partial charge in [0.1, 0.15) is 0 Å².